The van der Waals surface area contributed by atoms with Gasteiger partial charge in [-0.2, -0.15) is 4.31 Å². The summed E-state index contributed by atoms with van der Waals surface area (Å²) in [4.78, 5) is 2.30. The molecule has 108 valence electrons. The van der Waals surface area contributed by atoms with Crippen LogP contribution in [0.15, 0.2) is 15.7 Å². The fourth-order valence-electron chi connectivity index (χ4n) is 2.18. The summed E-state index contributed by atoms with van der Waals surface area (Å²) in [5, 5.41) is 1.82. The number of hydrogen-bond donors (Lipinski definition) is 1. The normalized spacial score (nSPS) is 19.2. The Bertz CT molecular complexity index is 517. The Hall–Kier alpha value is -0.470. The molecule has 7 heteroatoms. The Morgan fingerprint density at radius 3 is 2.42 bits per heavy atom. The predicted molar refractivity (Wildman–Crippen MR) is 77.7 cm³/mol. The van der Waals surface area contributed by atoms with E-state index in [4.69, 9.17) is 5.73 Å². The van der Waals surface area contributed by atoms with Gasteiger partial charge in [0.25, 0.3) is 10.0 Å². The molecule has 1 aromatic rings. The van der Waals surface area contributed by atoms with Crippen LogP contribution in [0.2, 0.25) is 0 Å². The van der Waals surface area contributed by atoms with Crippen molar-refractivity contribution in [3.63, 3.8) is 0 Å². The molecule has 1 aliphatic rings. The molecule has 0 spiro atoms. The second-order valence-electron chi connectivity index (χ2n) is 5.01. The van der Waals surface area contributed by atoms with Crippen LogP contribution in [0.5, 0.6) is 0 Å². The molecule has 0 atom stereocenters. The zero-order valence-electron chi connectivity index (χ0n) is 11.4. The van der Waals surface area contributed by atoms with Crippen molar-refractivity contribution in [2.45, 2.75) is 30.6 Å². The van der Waals surface area contributed by atoms with Gasteiger partial charge in [0, 0.05) is 38.8 Å². The van der Waals surface area contributed by atoms with E-state index in [2.05, 4.69) is 18.7 Å². The van der Waals surface area contributed by atoms with Gasteiger partial charge in [-0.25, -0.2) is 8.42 Å². The van der Waals surface area contributed by atoms with Crippen molar-refractivity contribution in [3.8, 4) is 0 Å². The molecule has 0 saturated carbocycles. The van der Waals surface area contributed by atoms with Crippen LogP contribution < -0.4 is 5.73 Å². The van der Waals surface area contributed by atoms with Gasteiger partial charge in [-0.3, -0.25) is 4.90 Å². The fourth-order valence-corrected chi connectivity index (χ4v) is 4.98. The number of hydrogen-bond acceptors (Lipinski definition) is 5. The van der Waals surface area contributed by atoms with Gasteiger partial charge in [0.15, 0.2) is 0 Å². The molecule has 1 fully saturated rings. The quantitative estimate of drug-likeness (QED) is 0.898. The fraction of sp³-hybridized carbons (Fsp3) is 0.667. The van der Waals surface area contributed by atoms with Crippen molar-refractivity contribution >= 4 is 21.4 Å². The first-order valence-electron chi connectivity index (χ1n) is 6.47. The number of rotatable bonds is 4. The van der Waals surface area contributed by atoms with E-state index in [0.29, 0.717) is 29.9 Å². The monoisotopic (exact) mass is 303 g/mol. The number of sulfonamides is 1. The minimum Gasteiger partial charge on any atom is -0.326 e. The molecule has 0 aliphatic carbocycles. The zero-order chi connectivity index (χ0) is 14.0. The summed E-state index contributed by atoms with van der Waals surface area (Å²) >= 11 is 1.26. The number of thiophene rings is 1. The lowest BCUT2D eigenvalue weighted by molar-refractivity contribution is 0.154. The zero-order valence-corrected chi connectivity index (χ0v) is 13.0. The molecular weight excluding hydrogens is 282 g/mol. The number of piperazine rings is 1. The molecule has 5 nitrogen and oxygen atoms in total. The lowest BCUT2D eigenvalue weighted by Gasteiger charge is -2.35. The Morgan fingerprint density at radius 1 is 1.32 bits per heavy atom. The third-order valence-corrected chi connectivity index (χ3v) is 6.83. The maximum Gasteiger partial charge on any atom is 0.252 e. The molecule has 0 unspecified atom stereocenters. The third kappa shape index (κ3) is 3.17. The molecule has 0 aromatic carbocycles. The van der Waals surface area contributed by atoms with Gasteiger partial charge in [-0.15, -0.1) is 11.3 Å². The standard InChI is InChI=1S/C12H21N3O2S2/c1-10(2)14-3-5-15(6-4-14)19(16,17)12-7-11(8-13)9-18-12/h7,9-10H,3-6,8,13H2,1-2H3. The van der Waals surface area contributed by atoms with Gasteiger partial charge in [0.2, 0.25) is 0 Å². The van der Waals surface area contributed by atoms with Crippen LogP contribution in [0, 0.1) is 0 Å². The maximum absolute atomic E-state index is 12.5. The number of nitrogens with two attached hydrogens (primary N) is 1. The van der Waals surface area contributed by atoms with Crippen molar-refractivity contribution in [1.29, 1.82) is 0 Å². The van der Waals surface area contributed by atoms with Crippen LogP contribution in [0.4, 0.5) is 0 Å². The SMILES string of the molecule is CC(C)N1CCN(S(=O)(=O)c2cc(CN)cs2)CC1. The summed E-state index contributed by atoms with van der Waals surface area (Å²) in [6.45, 7) is 7.38. The highest BCUT2D eigenvalue weighted by atomic mass is 32.2. The molecule has 2 N–H and O–H groups in total. The van der Waals surface area contributed by atoms with E-state index in [1.807, 2.05) is 5.38 Å². The molecular formula is C12H21N3O2S2. The maximum atomic E-state index is 12.5. The van der Waals surface area contributed by atoms with Gasteiger partial charge >= 0.3 is 0 Å². The molecule has 2 heterocycles. The van der Waals surface area contributed by atoms with Crippen LogP contribution >= 0.6 is 11.3 Å². The molecule has 1 aliphatic heterocycles. The molecule has 0 radical (unpaired) electrons. The minimum atomic E-state index is -3.33. The second-order valence-corrected chi connectivity index (χ2v) is 8.09. The highest BCUT2D eigenvalue weighted by Gasteiger charge is 2.30. The Morgan fingerprint density at radius 2 is 1.95 bits per heavy atom. The van der Waals surface area contributed by atoms with Crippen LogP contribution in [-0.4, -0.2) is 49.8 Å². The first kappa shape index (κ1) is 14.9. The lowest BCUT2D eigenvalue weighted by Crippen LogP contribution is -2.50. The summed E-state index contributed by atoms with van der Waals surface area (Å²) in [6.07, 6.45) is 0. The van der Waals surface area contributed by atoms with Crippen molar-refractivity contribution in [1.82, 2.24) is 9.21 Å². The van der Waals surface area contributed by atoms with E-state index in [9.17, 15) is 8.42 Å². The first-order valence-corrected chi connectivity index (χ1v) is 8.79. The molecule has 1 saturated heterocycles. The highest BCUT2D eigenvalue weighted by Crippen LogP contribution is 2.24. The third-order valence-electron chi connectivity index (χ3n) is 3.46. The van der Waals surface area contributed by atoms with Crippen LogP contribution in [-0.2, 0) is 16.6 Å². The van der Waals surface area contributed by atoms with Crippen molar-refractivity contribution < 1.29 is 8.42 Å². The summed E-state index contributed by atoms with van der Waals surface area (Å²) in [6, 6.07) is 2.16. The summed E-state index contributed by atoms with van der Waals surface area (Å²) in [7, 11) is -3.33. The molecule has 0 bridgehead atoms. The van der Waals surface area contributed by atoms with E-state index in [-0.39, 0.29) is 0 Å². The van der Waals surface area contributed by atoms with Gasteiger partial charge < -0.3 is 5.73 Å². The van der Waals surface area contributed by atoms with Crippen LogP contribution in [0.3, 0.4) is 0 Å². The van der Waals surface area contributed by atoms with Crippen molar-refractivity contribution in [3.05, 3.63) is 17.0 Å². The van der Waals surface area contributed by atoms with E-state index in [0.717, 1.165) is 18.7 Å². The van der Waals surface area contributed by atoms with Gasteiger partial charge in [0.1, 0.15) is 4.21 Å². The van der Waals surface area contributed by atoms with Crippen LogP contribution in [0.25, 0.3) is 0 Å². The average molecular weight is 303 g/mol. The van der Waals surface area contributed by atoms with E-state index in [1.54, 1.807) is 10.4 Å². The van der Waals surface area contributed by atoms with Crippen LogP contribution in [0.1, 0.15) is 19.4 Å². The minimum absolute atomic E-state index is 0.382. The lowest BCUT2D eigenvalue weighted by atomic mass is 10.3. The average Bonchev–Trinajstić information content (AvgIpc) is 2.88. The predicted octanol–water partition coefficient (Wildman–Crippen LogP) is 0.921. The molecule has 2 rings (SSSR count). The van der Waals surface area contributed by atoms with E-state index >= 15 is 0 Å². The molecule has 0 amide bonds. The largest absolute Gasteiger partial charge is 0.326 e. The first-order chi connectivity index (χ1) is 8.95. The topological polar surface area (TPSA) is 66.6 Å². The Kier molecular flexibility index (Phi) is 4.62. The van der Waals surface area contributed by atoms with Crippen molar-refractivity contribution in [2.24, 2.45) is 5.73 Å². The van der Waals surface area contributed by atoms with E-state index in [1.165, 1.54) is 11.3 Å². The summed E-state index contributed by atoms with van der Waals surface area (Å²) < 4.78 is 26.9. The summed E-state index contributed by atoms with van der Waals surface area (Å²) in [5.41, 5.74) is 6.41. The highest BCUT2D eigenvalue weighted by molar-refractivity contribution is 7.91. The van der Waals surface area contributed by atoms with Crippen molar-refractivity contribution in [2.75, 3.05) is 26.2 Å². The smallest absolute Gasteiger partial charge is 0.252 e. The Labute approximate surface area is 119 Å². The summed E-state index contributed by atoms with van der Waals surface area (Å²) in [5.74, 6) is 0. The molecule has 1 aromatic heterocycles. The second kappa shape index (κ2) is 5.88. The van der Waals surface area contributed by atoms with Gasteiger partial charge in [0.05, 0.1) is 0 Å². The molecule has 19 heavy (non-hydrogen) atoms. The van der Waals surface area contributed by atoms with Gasteiger partial charge in [-0.05, 0) is 30.9 Å². The Balaban J connectivity index is 2.09. The van der Waals surface area contributed by atoms with E-state index < -0.39 is 10.0 Å². The number of nitrogens with zero attached hydrogens (tertiary/aromatic N) is 2. The van der Waals surface area contributed by atoms with Gasteiger partial charge in [-0.1, -0.05) is 0 Å².